The van der Waals surface area contributed by atoms with E-state index < -0.39 is 0 Å². The number of hydrogen-bond acceptors (Lipinski definition) is 3. The molecule has 0 fully saturated rings. The smallest absolute Gasteiger partial charge is 0.126 e. The maximum atomic E-state index is 5.94. The first-order chi connectivity index (χ1) is 8.74. The van der Waals surface area contributed by atoms with Gasteiger partial charge in [0.2, 0.25) is 0 Å². The fraction of sp³-hybridized carbons (Fsp3) is 0.600. The van der Waals surface area contributed by atoms with Crippen molar-refractivity contribution in [2.45, 2.75) is 33.1 Å². The standard InChI is InChI=1S/C15H25NO2/c1-4-12(5-2)11-18-15-10-14(17-3)7-6-13(15)8-9-16/h6-7,10,12H,4-5,8-9,11,16H2,1-3H3. The fourth-order valence-corrected chi connectivity index (χ4v) is 1.89. The zero-order valence-corrected chi connectivity index (χ0v) is 11.7. The lowest BCUT2D eigenvalue weighted by molar-refractivity contribution is 0.237. The molecule has 0 aliphatic rings. The molecule has 0 aliphatic carbocycles. The first kappa shape index (κ1) is 14.8. The van der Waals surface area contributed by atoms with Crippen molar-refractivity contribution in [3.8, 4) is 11.5 Å². The molecule has 1 aromatic rings. The van der Waals surface area contributed by atoms with Gasteiger partial charge in [0.1, 0.15) is 11.5 Å². The lowest BCUT2D eigenvalue weighted by Gasteiger charge is -2.17. The molecule has 0 atom stereocenters. The highest BCUT2D eigenvalue weighted by Gasteiger charge is 2.09. The van der Waals surface area contributed by atoms with Gasteiger partial charge in [0.15, 0.2) is 0 Å². The summed E-state index contributed by atoms with van der Waals surface area (Å²) in [6, 6.07) is 5.94. The second-order valence-corrected chi connectivity index (χ2v) is 4.51. The minimum absolute atomic E-state index is 0.613. The van der Waals surface area contributed by atoms with Crippen LogP contribution in [0.5, 0.6) is 11.5 Å². The highest BCUT2D eigenvalue weighted by Crippen LogP contribution is 2.26. The Bertz CT molecular complexity index is 348. The molecule has 0 saturated heterocycles. The monoisotopic (exact) mass is 251 g/mol. The molecule has 0 bridgehead atoms. The summed E-state index contributed by atoms with van der Waals surface area (Å²) in [6.45, 7) is 5.79. The molecule has 1 rings (SSSR count). The zero-order chi connectivity index (χ0) is 13.4. The minimum atomic E-state index is 0.613. The van der Waals surface area contributed by atoms with Crippen LogP contribution in [0.1, 0.15) is 32.3 Å². The van der Waals surface area contributed by atoms with E-state index in [0.29, 0.717) is 12.5 Å². The topological polar surface area (TPSA) is 44.5 Å². The molecule has 102 valence electrons. The van der Waals surface area contributed by atoms with Crippen molar-refractivity contribution in [2.24, 2.45) is 11.7 Å². The van der Waals surface area contributed by atoms with Crippen LogP contribution in [0.2, 0.25) is 0 Å². The van der Waals surface area contributed by atoms with Gasteiger partial charge in [-0.3, -0.25) is 0 Å². The molecule has 3 nitrogen and oxygen atoms in total. The molecule has 0 amide bonds. The van der Waals surface area contributed by atoms with Crippen molar-refractivity contribution in [1.29, 1.82) is 0 Å². The van der Waals surface area contributed by atoms with E-state index in [1.807, 2.05) is 18.2 Å². The fourth-order valence-electron chi connectivity index (χ4n) is 1.89. The summed E-state index contributed by atoms with van der Waals surface area (Å²) >= 11 is 0. The molecular weight excluding hydrogens is 226 g/mol. The third-order valence-electron chi connectivity index (χ3n) is 3.32. The lowest BCUT2D eigenvalue weighted by atomic mass is 10.1. The van der Waals surface area contributed by atoms with Crippen molar-refractivity contribution >= 4 is 0 Å². The molecule has 1 aromatic carbocycles. The molecule has 2 N–H and O–H groups in total. The number of ether oxygens (including phenoxy) is 2. The van der Waals surface area contributed by atoms with E-state index in [1.54, 1.807) is 7.11 Å². The van der Waals surface area contributed by atoms with E-state index in [-0.39, 0.29) is 0 Å². The van der Waals surface area contributed by atoms with Crippen molar-refractivity contribution in [1.82, 2.24) is 0 Å². The van der Waals surface area contributed by atoms with Crippen LogP contribution in [0.4, 0.5) is 0 Å². The number of rotatable bonds is 8. The maximum Gasteiger partial charge on any atom is 0.126 e. The van der Waals surface area contributed by atoms with Crippen LogP contribution in [-0.2, 0) is 6.42 Å². The Morgan fingerprint density at radius 3 is 2.50 bits per heavy atom. The van der Waals surface area contributed by atoms with Crippen LogP contribution in [-0.4, -0.2) is 20.3 Å². The van der Waals surface area contributed by atoms with Crippen LogP contribution in [0.3, 0.4) is 0 Å². The van der Waals surface area contributed by atoms with Crippen LogP contribution < -0.4 is 15.2 Å². The zero-order valence-electron chi connectivity index (χ0n) is 11.7. The van der Waals surface area contributed by atoms with Gasteiger partial charge in [0, 0.05) is 6.07 Å². The van der Waals surface area contributed by atoms with Gasteiger partial charge >= 0.3 is 0 Å². The molecule has 0 heterocycles. The minimum Gasteiger partial charge on any atom is -0.497 e. The summed E-state index contributed by atoms with van der Waals surface area (Å²) in [5.74, 6) is 2.35. The number of benzene rings is 1. The van der Waals surface area contributed by atoms with E-state index in [0.717, 1.165) is 42.9 Å². The Morgan fingerprint density at radius 1 is 1.22 bits per heavy atom. The highest BCUT2D eigenvalue weighted by molar-refractivity contribution is 5.41. The first-order valence-electron chi connectivity index (χ1n) is 6.74. The average Bonchev–Trinajstić information content (AvgIpc) is 2.41. The third-order valence-corrected chi connectivity index (χ3v) is 3.32. The van der Waals surface area contributed by atoms with Crippen LogP contribution in [0.25, 0.3) is 0 Å². The van der Waals surface area contributed by atoms with E-state index in [9.17, 15) is 0 Å². The normalized spacial score (nSPS) is 10.7. The molecule has 0 aromatic heterocycles. The molecule has 3 heteroatoms. The summed E-state index contributed by atoms with van der Waals surface area (Å²) in [4.78, 5) is 0. The average molecular weight is 251 g/mol. The van der Waals surface area contributed by atoms with Gasteiger partial charge in [-0.25, -0.2) is 0 Å². The van der Waals surface area contributed by atoms with E-state index in [4.69, 9.17) is 15.2 Å². The van der Waals surface area contributed by atoms with Crippen molar-refractivity contribution < 1.29 is 9.47 Å². The van der Waals surface area contributed by atoms with Crippen LogP contribution in [0.15, 0.2) is 18.2 Å². The lowest BCUT2D eigenvalue weighted by Crippen LogP contribution is -2.12. The summed E-state index contributed by atoms with van der Waals surface area (Å²) in [7, 11) is 1.67. The van der Waals surface area contributed by atoms with Crippen LogP contribution in [0, 0.1) is 5.92 Å². The Labute approximate surface area is 110 Å². The summed E-state index contributed by atoms with van der Waals surface area (Å²) in [5, 5.41) is 0. The Hall–Kier alpha value is -1.22. The highest BCUT2D eigenvalue weighted by atomic mass is 16.5. The predicted molar refractivity (Wildman–Crippen MR) is 75.3 cm³/mol. The van der Waals surface area contributed by atoms with Crippen molar-refractivity contribution in [3.05, 3.63) is 23.8 Å². The third kappa shape index (κ3) is 4.22. The van der Waals surface area contributed by atoms with Gasteiger partial charge < -0.3 is 15.2 Å². The number of hydrogen-bond donors (Lipinski definition) is 1. The predicted octanol–water partition coefficient (Wildman–Crippen LogP) is 3.01. The second-order valence-electron chi connectivity index (χ2n) is 4.51. The van der Waals surface area contributed by atoms with Gasteiger partial charge in [-0.15, -0.1) is 0 Å². The summed E-state index contributed by atoms with van der Waals surface area (Å²) in [6.07, 6.45) is 3.13. The molecular formula is C15H25NO2. The molecule has 18 heavy (non-hydrogen) atoms. The number of methoxy groups -OCH3 is 1. The Kier molecular flexibility index (Phi) is 6.58. The molecule has 0 unspecified atom stereocenters. The first-order valence-corrected chi connectivity index (χ1v) is 6.74. The number of nitrogens with two attached hydrogens (primary N) is 1. The quantitative estimate of drug-likeness (QED) is 0.772. The largest absolute Gasteiger partial charge is 0.497 e. The van der Waals surface area contributed by atoms with Crippen molar-refractivity contribution in [3.63, 3.8) is 0 Å². The Balaban J connectivity index is 2.76. The van der Waals surface area contributed by atoms with Gasteiger partial charge in [0.05, 0.1) is 13.7 Å². The van der Waals surface area contributed by atoms with Crippen LogP contribution >= 0.6 is 0 Å². The van der Waals surface area contributed by atoms with E-state index >= 15 is 0 Å². The van der Waals surface area contributed by atoms with Gasteiger partial charge in [-0.05, 0) is 30.5 Å². The van der Waals surface area contributed by atoms with Gasteiger partial charge in [-0.1, -0.05) is 32.8 Å². The SMILES string of the molecule is CCC(CC)COc1cc(OC)ccc1CCN. The van der Waals surface area contributed by atoms with E-state index in [1.165, 1.54) is 0 Å². The van der Waals surface area contributed by atoms with E-state index in [2.05, 4.69) is 13.8 Å². The second kappa shape index (κ2) is 7.98. The molecule has 0 aliphatic heterocycles. The molecule has 0 spiro atoms. The van der Waals surface area contributed by atoms with Gasteiger partial charge in [-0.2, -0.15) is 0 Å². The molecule has 0 saturated carbocycles. The van der Waals surface area contributed by atoms with Crippen molar-refractivity contribution in [2.75, 3.05) is 20.3 Å². The maximum absolute atomic E-state index is 5.94. The Morgan fingerprint density at radius 2 is 1.94 bits per heavy atom. The summed E-state index contributed by atoms with van der Waals surface area (Å²) in [5.41, 5.74) is 6.78. The van der Waals surface area contributed by atoms with Gasteiger partial charge in [0.25, 0.3) is 0 Å². The molecule has 0 radical (unpaired) electrons. The summed E-state index contributed by atoms with van der Waals surface area (Å²) < 4.78 is 11.2.